The van der Waals surface area contributed by atoms with Crippen molar-refractivity contribution in [2.24, 2.45) is 5.41 Å². The molecule has 6 heteroatoms. The highest BCUT2D eigenvalue weighted by Crippen LogP contribution is 2.44. The molecule has 1 amide bonds. The minimum absolute atomic E-state index is 0.00211. The van der Waals surface area contributed by atoms with E-state index in [0.717, 1.165) is 41.7 Å². The minimum Gasteiger partial charge on any atom is -0.481 e. The molecule has 2 aromatic rings. The number of carboxylic acids is 1. The highest BCUT2D eigenvalue weighted by molar-refractivity contribution is 8.00. The Hall–Kier alpha value is -3.12. The van der Waals surface area contributed by atoms with E-state index in [0.29, 0.717) is 12.0 Å². The van der Waals surface area contributed by atoms with E-state index in [1.807, 2.05) is 48.6 Å². The Morgan fingerprint density at radius 2 is 1.81 bits per heavy atom. The van der Waals surface area contributed by atoms with Crippen molar-refractivity contribution in [2.75, 3.05) is 6.54 Å². The van der Waals surface area contributed by atoms with Crippen LogP contribution in [0.5, 0.6) is 0 Å². The lowest BCUT2D eigenvalue weighted by molar-refractivity contribution is -0.137. The fourth-order valence-electron chi connectivity index (χ4n) is 4.62. The quantitative estimate of drug-likeness (QED) is 0.158. The highest BCUT2D eigenvalue weighted by atomic mass is 32.2. The average molecular weight is 520 g/mol. The predicted octanol–water partition coefficient (Wildman–Crippen LogP) is 7.08. The molecule has 2 unspecified atom stereocenters. The molecule has 196 valence electrons. The van der Waals surface area contributed by atoms with Gasteiger partial charge in [0.05, 0.1) is 11.8 Å². The molecule has 0 fully saturated rings. The van der Waals surface area contributed by atoms with Crippen LogP contribution in [0, 0.1) is 5.41 Å². The SMILES string of the molecule is CCCCCCC(Sc1ccc(-c2cccc(C(C)=O)c2)cc1)C1(C(=O)NCCC(=O)O)C=CC=CC1. The smallest absolute Gasteiger partial charge is 0.305 e. The normalized spacial score (nSPS) is 17.4. The Balaban J connectivity index is 1.84. The first-order valence-electron chi connectivity index (χ1n) is 13.1. The zero-order valence-electron chi connectivity index (χ0n) is 21.7. The van der Waals surface area contributed by atoms with E-state index in [4.69, 9.17) is 5.11 Å². The number of hydrogen-bond acceptors (Lipinski definition) is 4. The van der Waals surface area contributed by atoms with Gasteiger partial charge in [0.2, 0.25) is 5.91 Å². The Labute approximate surface area is 224 Å². The molecule has 0 radical (unpaired) electrons. The monoisotopic (exact) mass is 519 g/mol. The van der Waals surface area contributed by atoms with Crippen molar-refractivity contribution in [2.45, 2.75) is 68.9 Å². The van der Waals surface area contributed by atoms with Gasteiger partial charge in [-0.1, -0.05) is 87.2 Å². The van der Waals surface area contributed by atoms with E-state index in [1.165, 1.54) is 6.42 Å². The van der Waals surface area contributed by atoms with Crippen molar-refractivity contribution in [3.8, 4) is 11.1 Å². The topological polar surface area (TPSA) is 83.5 Å². The van der Waals surface area contributed by atoms with Crippen molar-refractivity contribution in [1.82, 2.24) is 5.32 Å². The van der Waals surface area contributed by atoms with E-state index in [1.54, 1.807) is 18.7 Å². The average Bonchev–Trinajstić information content (AvgIpc) is 2.91. The van der Waals surface area contributed by atoms with Crippen LogP contribution in [0.1, 0.15) is 69.2 Å². The summed E-state index contributed by atoms with van der Waals surface area (Å²) in [5.41, 5.74) is 1.98. The van der Waals surface area contributed by atoms with Crippen molar-refractivity contribution >= 4 is 29.4 Å². The molecule has 0 aliphatic heterocycles. The van der Waals surface area contributed by atoms with E-state index in [-0.39, 0.29) is 29.9 Å². The molecule has 0 saturated carbocycles. The van der Waals surface area contributed by atoms with Crippen LogP contribution in [-0.4, -0.2) is 34.6 Å². The number of unbranched alkanes of at least 4 members (excludes halogenated alkanes) is 3. The molecular weight excluding hydrogens is 482 g/mol. The fraction of sp³-hybridized carbons (Fsp3) is 0.387. The summed E-state index contributed by atoms with van der Waals surface area (Å²) >= 11 is 1.72. The molecule has 2 atom stereocenters. The Kier molecular flexibility index (Phi) is 10.8. The number of aliphatic carboxylic acids is 1. The van der Waals surface area contributed by atoms with Crippen LogP contribution < -0.4 is 5.32 Å². The molecule has 0 bridgehead atoms. The molecule has 2 N–H and O–H groups in total. The second kappa shape index (κ2) is 14.0. The zero-order valence-corrected chi connectivity index (χ0v) is 22.6. The molecule has 37 heavy (non-hydrogen) atoms. The van der Waals surface area contributed by atoms with Gasteiger partial charge in [-0.25, -0.2) is 0 Å². The number of nitrogens with one attached hydrogen (secondary N) is 1. The summed E-state index contributed by atoms with van der Waals surface area (Å²) in [5.74, 6) is -0.991. The molecule has 5 nitrogen and oxygen atoms in total. The van der Waals surface area contributed by atoms with E-state index >= 15 is 0 Å². The lowest BCUT2D eigenvalue weighted by Gasteiger charge is -2.37. The number of rotatable bonds is 14. The standard InChI is InChI=1S/C31H37NO4S/c1-3-4-5-7-13-28(31(19-8-6-9-20-31)30(36)32-21-18-29(34)35)37-27-16-14-24(15-17-27)26-12-10-11-25(22-26)23(2)33/h6,8-12,14-17,19,22,28H,3-5,7,13,18,20-21H2,1-2H3,(H,32,36)(H,34,35). The Morgan fingerprint density at radius 3 is 2.46 bits per heavy atom. The van der Waals surface area contributed by atoms with Gasteiger partial charge in [-0.05, 0) is 49.1 Å². The Bertz CT molecular complexity index is 1140. The van der Waals surface area contributed by atoms with Crippen molar-refractivity contribution in [3.63, 3.8) is 0 Å². The summed E-state index contributed by atoms with van der Waals surface area (Å²) < 4.78 is 0. The van der Waals surface area contributed by atoms with Gasteiger partial charge in [-0.3, -0.25) is 14.4 Å². The minimum atomic E-state index is -0.923. The molecule has 0 saturated heterocycles. The van der Waals surface area contributed by atoms with Crippen LogP contribution in [0.4, 0.5) is 0 Å². The van der Waals surface area contributed by atoms with Gasteiger partial charge in [0.1, 0.15) is 0 Å². The number of allylic oxidation sites excluding steroid dienone is 3. The number of carboxylic acid groups (broad SMARTS) is 1. The van der Waals surface area contributed by atoms with Gasteiger partial charge in [0, 0.05) is 22.3 Å². The summed E-state index contributed by atoms with van der Waals surface area (Å²) in [7, 11) is 0. The molecular formula is C31H37NO4S. The fourth-order valence-corrected chi connectivity index (χ4v) is 6.02. The van der Waals surface area contributed by atoms with Gasteiger partial charge in [-0.2, -0.15) is 0 Å². The number of thioether (sulfide) groups is 1. The maximum atomic E-state index is 13.5. The molecule has 3 rings (SSSR count). The second-order valence-corrected chi connectivity index (χ2v) is 10.8. The number of carbonyl (C=O) groups excluding carboxylic acids is 2. The number of ketones is 1. The maximum Gasteiger partial charge on any atom is 0.305 e. The maximum absolute atomic E-state index is 13.5. The van der Waals surface area contributed by atoms with Gasteiger partial charge in [-0.15, -0.1) is 11.8 Å². The van der Waals surface area contributed by atoms with Gasteiger partial charge in [0.15, 0.2) is 5.78 Å². The third-order valence-electron chi connectivity index (χ3n) is 6.77. The van der Waals surface area contributed by atoms with Crippen LogP contribution >= 0.6 is 11.8 Å². The lowest BCUT2D eigenvalue weighted by Crippen LogP contribution is -2.47. The summed E-state index contributed by atoms with van der Waals surface area (Å²) in [6, 6.07) is 15.9. The third kappa shape index (κ3) is 7.93. The number of benzene rings is 2. The lowest BCUT2D eigenvalue weighted by atomic mass is 9.75. The Morgan fingerprint density at radius 1 is 1.03 bits per heavy atom. The largest absolute Gasteiger partial charge is 0.481 e. The molecule has 0 heterocycles. The van der Waals surface area contributed by atoms with Crippen molar-refractivity contribution < 1.29 is 19.5 Å². The molecule has 1 aliphatic carbocycles. The third-order valence-corrected chi connectivity index (χ3v) is 8.26. The van der Waals surface area contributed by atoms with E-state index < -0.39 is 11.4 Å². The van der Waals surface area contributed by atoms with Crippen molar-refractivity contribution in [3.05, 3.63) is 78.4 Å². The summed E-state index contributed by atoms with van der Waals surface area (Å²) in [5, 5.41) is 11.9. The first-order chi connectivity index (χ1) is 17.9. The number of Topliss-reactive ketones (excluding diaryl/α,β-unsaturated/α-hetero) is 1. The van der Waals surface area contributed by atoms with Crippen LogP contribution in [0.15, 0.2) is 77.7 Å². The summed E-state index contributed by atoms with van der Waals surface area (Å²) in [6.45, 7) is 3.88. The molecule has 1 aliphatic rings. The summed E-state index contributed by atoms with van der Waals surface area (Å²) in [4.78, 5) is 37.4. The van der Waals surface area contributed by atoms with E-state index in [9.17, 15) is 14.4 Å². The van der Waals surface area contributed by atoms with Crippen molar-refractivity contribution in [1.29, 1.82) is 0 Å². The summed E-state index contributed by atoms with van der Waals surface area (Å²) in [6.07, 6.45) is 13.8. The van der Waals surface area contributed by atoms with Gasteiger partial charge in [0.25, 0.3) is 0 Å². The predicted molar refractivity (Wildman–Crippen MR) is 151 cm³/mol. The molecule has 0 spiro atoms. The second-order valence-electron chi connectivity index (χ2n) is 9.55. The van der Waals surface area contributed by atoms with E-state index in [2.05, 4.69) is 36.5 Å². The highest BCUT2D eigenvalue weighted by Gasteiger charge is 2.43. The zero-order chi connectivity index (χ0) is 26.7. The van der Waals surface area contributed by atoms with Crippen LogP contribution in [0.3, 0.4) is 0 Å². The first-order valence-corrected chi connectivity index (χ1v) is 14.0. The van der Waals surface area contributed by atoms with Crippen LogP contribution in [-0.2, 0) is 9.59 Å². The molecule has 0 aromatic heterocycles. The van der Waals surface area contributed by atoms with Crippen LogP contribution in [0.25, 0.3) is 11.1 Å². The van der Waals surface area contributed by atoms with Gasteiger partial charge < -0.3 is 10.4 Å². The number of amides is 1. The van der Waals surface area contributed by atoms with Crippen LogP contribution in [0.2, 0.25) is 0 Å². The molecule has 2 aromatic carbocycles. The number of carbonyl (C=O) groups is 3. The van der Waals surface area contributed by atoms with Gasteiger partial charge >= 0.3 is 5.97 Å². The first kappa shape index (κ1) is 28.5. The number of hydrogen-bond donors (Lipinski definition) is 2.